The minimum Gasteiger partial charge on any atom is -0.454 e. The molecule has 3 aromatic rings. The summed E-state index contributed by atoms with van der Waals surface area (Å²) >= 11 is 0. The van der Waals surface area contributed by atoms with Crippen molar-refractivity contribution in [2.45, 2.75) is 32.1 Å². The molecule has 0 radical (unpaired) electrons. The first-order valence-corrected chi connectivity index (χ1v) is 12.4. The fourth-order valence-electron chi connectivity index (χ4n) is 6.15. The number of aliphatic hydroxyl groups excluding tert-OH is 1. The number of hydrogen-bond donors (Lipinski definition) is 2. The number of carbonyl (C=O) groups excluding carboxylic acids is 1. The van der Waals surface area contributed by atoms with Crippen LogP contribution in [-0.4, -0.2) is 46.5 Å². The van der Waals surface area contributed by atoms with Gasteiger partial charge < -0.3 is 24.5 Å². The van der Waals surface area contributed by atoms with Crippen molar-refractivity contribution in [1.29, 1.82) is 0 Å². The fraction of sp³-hybridized carbons (Fsp3) is 0.357. The average Bonchev–Trinajstić information content (AvgIpc) is 3.58. The summed E-state index contributed by atoms with van der Waals surface area (Å²) < 4.78 is 12.9. The highest BCUT2D eigenvalue weighted by molar-refractivity contribution is 5.82. The zero-order valence-corrected chi connectivity index (χ0v) is 20.1. The van der Waals surface area contributed by atoms with Crippen molar-refractivity contribution in [3.05, 3.63) is 82.3 Å². The van der Waals surface area contributed by atoms with E-state index in [1.54, 1.807) is 0 Å². The zero-order chi connectivity index (χ0) is 24.8. The number of fused-ring (bicyclic) bond motifs is 4. The molecule has 1 fully saturated rings. The fourth-order valence-corrected chi connectivity index (χ4v) is 6.15. The molecule has 2 aromatic carbocycles. The topological polar surface area (TPSA) is 93.0 Å². The Morgan fingerprint density at radius 2 is 1.89 bits per heavy atom. The van der Waals surface area contributed by atoms with Crippen LogP contribution in [0.25, 0.3) is 11.1 Å². The molecule has 3 aliphatic heterocycles. The lowest BCUT2D eigenvalue weighted by Crippen LogP contribution is -2.48. The van der Waals surface area contributed by atoms with Crippen LogP contribution in [0.2, 0.25) is 0 Å². The minimum absolute atomic E-state index is 0.0395. The number of carbonyl (C=O) groups is 1. The second kappa shape index (κ2) is 9.11. The van der Waals surface area contributed by atoms with Crippen molar-refractivity contribution in [3.63, 3.8) is 0 Å². The summed E-state index contributed by atoms with van der Waals surface area (Å²) in [4.78, 5) is 29.0. The van der Waals surface area contributed by atoms with Gasteiger partial charge in [-0.05, 0) is 42.3 Å². The lowest BCUT2D eigenvalue weighted by atomic mass is 9.88. The van der Waals surface area contributed by atoms with Crippen LogP contribution in [0, 0.1) is 11.8 Å². The summed E-state index contributed by atoms with van der Waals surface area (Å²) in [5.41, 5.74) is 3.36. The van der Waals surface area contributed by atoms with E-state index in [2.05, 4.69) is 10.2 Å². The molecular formula is C28H29N3O5. The first kappa shape index (κ1) is 22.8. The van der Waals surface area contributed by atoms with Gasteiger partial charge in [0.25, 0.3) is 5.56 Å². The lowest BCUT2D eigenvalue weighted by molar-refractivity contribution is -0.127. The maximum absolute atomic E-state index is 13.6. The number of rotatable bonds is 6. The molecule has 8 nitrogen and oxygen atoms in total. The maximum atomic E-state index is 13.6. The monoisotopic (exact) mass is 487 g/mol. The Kier molecular flexibility index (Phi) is 5.78. The quantitative estimate of drug-likeness (QED) is 0.555. The van der Waals surface area contributed by atoms with Crippen molar-refractivity contribution in [3.8, 4) is 22.6 Å². The van der Waals surface area contributed by atoms with Gasteiger partial charge in [-0.2, -0.15) is 0 Å². The van der Waals surface area contributed by atoms with E-state index in [0.29, 0.717) is 36.7 Å². The number of aliphatic hydroxyl groups is 1. The van der Waals surface area contributed by atoms with Crippen molar-refractivity contribution >= 4 is 5.91 Å². The SMILES string of the molecule is CCNC(=O)[C@H]1[C@H](CO)[C@H]2Cn3c(ccc(-c4ccccc4)c3=O)[C@H]2N1Cc1ccc2c(c1)OCO2. The van der Waals surface area contributed by atoms with Crippen LogP contribution >= 0.6 is 0 Å². The molecule has 36 heavy (non-hydrogen) atoms. The number of ether oxygens (including phenoxy) is 2. The van der Waals surface area contributed by atoms with Gasteiger partial charge >= 0.3 is 0 Å². The predicted octanol–water partition coefficient (Wildman–Crippen LogP) is 2.54. The number of benzene rings is 2. The summed E-state index contributed by atoms with van der Waals surface area (Å²) in [5.74, 6) is 0.941. The number of amides is 1. The van der Waals surface area contributed by atoms with E-state index in [-0.39, 0.29) is 42.7 Å². The van der Waals surface area contributed by atoms with Gasteiger partial charge in [-0.3, -0.25) is 14.5 Å². The molecular weight excluding hydrogens is 458 g/mol. The molecule has 1 saturated heterocycles. The maximum Gasteiger partial charge on any atom is 0.258 e. The molecule has 0 aliphatic carbocycles. The third kappa shape index (κ3) is 3.60. The largest absolute Gasteiger partial charge is 0.454 e. The molecule has 2 N–H and O–H groups in total. The highest BCUT2D eigenvalue weighted by atomic mass is 16.7. The molecule has 8 heteroatoms. The number of likely N-dealkylation sites (tertiary alicyclic amines) is 1. The van der Waals surface area contributed by atoms with E-state index in [1.807, 2.05) is 72.2 Å². The van der Waals surface area contributed by atoms with Gasteiger partial charge in [0, 0.05) is 49.3 Å². The molecule has 4 atom stereocenters. The Morgan fingerprint density at radius 1 is 1.08 bits per heavy atom. The van der Waals surface area contributed by atoms with Gasteiger partial charge in [0.05, 0.1) is 12.1 Å². The van der Waals surface area contributed by atoms with E-state index >= 15 is 0 Å². The van der Waals surface area contributed by atoms with Crippen molar-refractivity contribution in [1.82, 2.24) is 14.8 Å². The number of nitrogens with one attached hydrogen (secondary N) is 1. The van der Waals surface area contributed by atoms with E-state index in [1.165, 1.54) is 0 Å². The Labute approximate surface area is 209 Å². The van der Waals surface area contributed by atoms with Crippen molar-refractivity contribution in [2.24, 2.45) is 11.8 Å². The first-order chi connectivity index (χ1) is 17.6. The Bertz CT molecular complexity index is 1360. The van der Waals surface area contributed by atoms with E-state index in [0.717, 1.165) is 16.8 Å². The van der Waals surface area contributed by atoms with Crippen molar-refractivity contribution < 1.29 is 19.4 Å². The first-order valence-electron chi connectivity index (χ1n) is 12.4. The van der Waals surface area contributed by atoms with E-state index < -0.39 is 6.04 Å². The number of likely N-dealkylation sites (N-methyl/N-ethyl adjacent to an activating group) is 1. The predicted molar refractivity (Wildman–Crippen MR) is 134 cm³/mol. The van der Waals surface area contributed by atoms with E-state index in [4.69, 9.17) is 9.47 Å². The van der Waals surface area contributed by atoms with Gasteiger partial charge in [0.1, 0.15) is 0 Å². The number of nitrogens with zero attached hydrogens (tertiary/aromatic N) is 2. The van der Waals surface area contributed by atoms with Gasteiger partial charge in [-0.25, -0.2) is 0 Å². The molecule has 1 aromatic heterocycles. The summed E-state index contributed by atoms with van der Waals surface area (Å²) in [6, 6.07) is 18.7. The summed E-state index contributed by atoms with van der Waals surface area (Å²) in [6.45, 7) is 3.42. The Hall–Kier alpha value is -3.62. The number of pyridine rings is 1. The van der Waals surface area contributed by atoms with Crippen LogP contribution in [0.15, 0.2) is 65.5 Å². The van der Waals surface area contributed by atoms with Gasteiger partial charge in [-0.1, -0.05) is 36.4 Å². The van der Waals surface area contributed by atoms with Crippen LogP contribution in [0.1, 0.15) is 24.2 Å². The smallest absolute Gasteiger partial charge is 0.258 e. The molecule has 4 heterocycles. The molecule has 1 amide bonds. The molecule has 0 spiro atoms. The number of aromatic nitrogens is 1. The second-order valence-corrected chi connectivity index (χ2v) is 9.61. The average molecular weight is 488 g/mol. The third-order valence-electron chi connectivity index (χ3n) is 7.70. The van der Waals surface area contributed by atoms with Gasteiger partial charge in [0.15, 0.2) is 11.5 Å². The van der Waals surface area contributed by atoms with Gasteiger partial charge in [-0.15, -0.1) is 0 Å². The summed E-state index contributed by atoms with van der Waals surface area (Å²) in [5, 5.41) is 13.4. The molecule has 6 rings (SSSR count). The molecule has 186 valence electrons. The Morgan fingerprint density at radius 3 is 2.67 bits per heavy atom. The highest BCUT2D eigenvalue weighted by Crippen LogP contribution is 2.50. The van der Waals surface area contributed by atoms with Crippen LogP contribution < -0.4 is 20.3 Å². The second-order valence-electron chi connectivity index (χ2n) is 9.61. The summed E-state index contributed by atoms with van der Waals surface area (Å²) in [7, 11) is 0. The standard InChI is InChI=1S/C28H29N3O5/c1-2-29-27(33)26-21(15-32)20-14-30-22(10-9-19(28(30)34)18-6-4-3-5-7-18)25(20)31(26)13-17-8-11-23-24(12-17)36-16-35-23/h3-12,20-21,25-26,32H,2,13-16H2,1H3,(H,29,33)/t20-,21-,25+,26-/m1/s1. The van der Waals surface area contributed by atoms with Crippen LogP contribution in [0.5, 0.6) is 11.5 Å². The van der Waals surface area contributed by atoms with Gasteiger partial charge in [0.2, 0.25) is 12.7 Å². The minimum atomic E-state index is -0.506. The normalized spacial score (nSPS) is 23.9. The third-order valence-corrected chi connectivity index (χ3v) is 7.70. The van der Waals surface area contributed by atoms with Crippen LogP contribution in [0.3, 0.4) is 0 Å². The molecule has 0 unspecified atom stereocenters. The summed E-state index contributed by atoms with van der Waals surface area (Å²) in [6.07, 6.45) is 0. The van der Waals surface area contributed by atoms with E-state index in [9.17, 15) is 14.7 Å². The zero-order valence-electron chi connectivity index (χ0n) is 20.1. The number of hydrogen-bond acceptors (Lipinski definition) is 6. The molecule has 0 bridgehead atoms. The van der Waals surface area contributed by atoms with Crippen LogP contribution in [0.4, 0.5) is 0 Å². The van der Waals surface area contributed by atoms with Crippen molar-refractivity contribution in [2.75, 3.05) is 19.9 Å². The van der Waals surface area contributed by atoms with Crippen LogP contribution in [-0.2, 0) is 17.9 Å². The molecule has 3 aliphatic rings. The molecule has 0 saturated carbocycles. The highest BCUT2D eigenvalue weighted by Gasteiger charge is 2.55. The Balaban J connectivity index is 1.42. The lowest BCUT2D eigenvalue weighted by Gasteiger charge is -2.31.